The van der Waals surface area contributed by atoms with Crippen LogP contribution < -0.4 is 0 Å². The quantitative estimate of drug-likeness (QED) is 0.411. The topological polar surface area (TPSA) is 18.5 Å². The summed E-state index contributed by atoms with van der Waals surface area (Å²) in [6, 6.07) is 0. The van der Waals surface area contributed by atoms with Crippen LogP contribution in [-0.4, -0.2) is 32.6 Å². The van der Waals surface area contributed by atoms with Crippen LogP contribution >= 0.6 is 0 Å². The minimum absolute atomic E-state index is 0.228. The molecule has 0 amide bonds. The largest absolute Gasteiger partial charge is 0.466 e. The summed E-state index contributed by atoms with van der Waals surface area (Å²) in [4.78, 5) is 0. The van der Waals surface area contributed by atoms with Gasteiger partial charge in [0, 0.05) is 6.61 Å². The van der Waals surface area contributed by atoms with Crippen LogP contribution in [0.4, 0.5) is 0 Å². The Morgan fingerprint density at radius 2 is 2.57 bits per heavy atom. The van der Waals surface area contributed by atoms with Crippen LogP contribution in [0.1, 0.15) is 6.42 Å². The highest BCUT2D eigenvalue weighted by atomic mass is 28.3. The van der Waals surface area contributed by atoms with Gasteiger partial charge in [0.2, 0.25) is 0 Å². The van der Waals surface area contributed by atoms with Crippen LogP contribution in [0.15, 0.2) is 0 Å². The monoisotopic (exact) mass is 134 g/mol. The van der Waals surface area contributed by atoms with E-state index in [-0.39, 0.29) is 9.76 Å². The van der Waals surface area contributed by atoms with Crippen LogP contribution in [0, 0.1) is 0 Å². The Morgan fingerprint density at radius 1 is 1.86 bits per heavy atom. The SMILES string of the molecule is [SiH3]O[SiH2]C1CCO1. The van der Waals surface area contributed by atoms with E-state index in [4.69, 9.17) is 8.85 Å². The van der Waals surface area contributed by atoms with E-state index < -0.39 is 0 Å². The Balaban J connectivity index is 1.93. The molecule has 0 aromatic carbocycles. The van der Waals surface area contributed by atoms with Crippen LogP contribution in [0.2, 0.25) is 0 Å². The number of rotatable bonds is 2. The molecule has 0 spiro atoms. The zero-order valence-electron chi connectivity index (χ0n) is 4.52. The standard InChI is InChI=1S/C3H10O2Si2/c6-5-7-3-1-2-4-3/h3H,1-2,7H2,6H3. The molecule has 1 atom stereocenters. The molecule has 0 N–H and O–H groups in total. The van der Waals surface area contributed by atoms with Crippen LogP contribution in [0.3, 0.4) is 0 Å². The van der Waals surface area contributed by atoms with Crippen molar-refractivity contribution in [3.63, 3.8) is 0 Å². The summed E-state index contributed by atoms with van der Waals surface area (Å²) in [5, 5.41) is 0. The lowest BCUT2D eigenvalue weighted by atomic mass is 10.4. The second kappa shape index (κ2) is 2.61. The van der Waals surface area contributed by atoms with Gasteiger partial charge in [0.1, 0.15) is 10.5 Å². The molecule has 42 valence electrons. The maximum absolute atomic E-state index is 5.13. The molecule has 0 saturated carbocycles. The Labute approximate surface area is 48.7 Å². The van der Waals surface area contributed by atoms with Crippen molar-refractivity contribution in [2.45, 2.75) is 12.1 Å². The van der Waals surface area contributed by atoms with Gasteiger partial charge in [0.05, 0.1) is 5.73 Å². The second-order valence-electron chi connectivity index (χ2n) is 1.74. The fraction of sp³-hybridized carbons (Fsp3) is 1.00. The van der Waals surface area contributed by atoms with E-state index in [0.717, 1.165) is 17.1 Å². The van der Waals surface area contributed by atoms with E-state index >= 15 is 0 Å². The van der Waals surface area contributed by atoms with Crippen molar-refractivity contribution < 1.29 is 8.85 Å². The third-order valence-electron chi connectivity index (χ3n) is 1.15. The smallest absolute Gasteiger partial charge is 0.175 e. The van der Waals surface area contributed by atoms with E-state index in [2.05, 4.69) is 0 Å². The summed E-state index contributed by atoms with van der Waals surface area (Å²) in [5.74, 6) is 0. The predicted molar refractivity (Wildman–Crippen MR) is 33.9 cm³/mol. The van der Waals surface area contributed by atoms with Gasteiger partial charge in [-0.1, -0.05) is 0 Å². The zero-order chi connectivity index (χ0) is 5.11. The molecule has 4 heteroatoms. The fourth-order valence-electron chi connectivity index (χ4n) is 0.602. The predicted octanol–water partition coefficient (Wildman–Crippen LogP) is -1.89. The van der Waals surface area contributed by atoms with E-state index in [1.54, 1.807) is 0 Å². The molecule has 1 heterocycles. The molecule has 1 aliphatic heterocycles. The summed E-state index contributed by atoms with van der Waals surface area (Å²) in [6.07, 6.45) is 1.26. The van der Waals surface area contributed by atoms with Gasteiger partial charge in [-0.05, 0) is 6.42 Å². The third kappa shape index (κ3) is 1.38. The molecule has 1 fully saturated rings. The first kappa shape index (κ1) is 5.49. The molecule has 1 aliphatic rings. The van der Waals surface area contributed by atoms with Gasteiger partial charge in [0.25, 0.3) is 0 Å². The minimum Gasteiger partial charge on any atom is -0.466 e. The Kier molecular flexibility index (Phi) is 2.05. The first-order chi connectivity index (χ1) is 3.43. The average molecular weight is 134 g/mol. The van der Waals surface area contributed by atoms with E-state index in [1.807, 2.05) is 0 Å². The fourth-order valence-corrected chi connectivity index (χ4v) is 2.69. The van der Waals surface area contributed by atoms with Crippen molar-refractivity contribution in [2.75, 3.05) is 6.61 Å². The molecule has 0 aliphatic carbocycles. The van der Waals surface area contributed by atoms with Crippen molar-refractivity contribution in [3.05, 3.63) is 0 Å². The van der Waals surface area contributed by atoms with Gasteiger partial charge in [-0.15, -0.1) is 0 Å². The molecular formula is C3H10O2Si2. The van der Waals surface area contributed by atoms with Crippen molar-refractivity contribution >= 4 is 20.2 Å². The molecule has 1 unspecified atom stereocenters. The van der Waals surface area contributed by atoms with Crippen molar-refractivity contribution in [1.29, 1.82) is 0 Å². The van der Waals surface area contributed by atoms with E-state index in [1.165, 1.54) is 6.42 Å². The van der Waals surface area contributed by atoms with Gasteiger partial charge in [0.15, 0.2) is 9.76 Å². The molecular weight excluding hydrogens is 124 g/mol. The van der Waals surface area contributed by atoms with Crippen LogP contribution in [-0.2, 0) is 8.85 Å². The minimum atomic E-state index is -0.228. The first-order valence-corrected chi connectivity index (χ1v) is 4.75. The molecule has 1 rings (SSSR count). The van der Waals surface area contributed by atoms with Crippen LogP contribution in [0.5, 0.6) is 0 Å². The third-order valence-corrected chi connectivity index (χ3v) is 3.50. The molecule has 1 saturated heterocycles. The summed E-state index contributed by atoms with van der Waals surface area (Å²) < 4.78 is 10.2. The number of hydrogen-bond donors (Lipinski definition) is 0. The highest BCUT2D eigenvalue weighted by molar-refractivity contribution is 6.35. The van der Waals surface area contributed by atoms with Gasteiger partial charge in [-0.25, -0.2) is 0 Å². The molecule has 0 radical (unpaired) electrons. The first-order valence-electron chi connectivity index (χ1n) is 2.54. The molecule has 0 aromatic rings. The average Bonchev–Trinajstić information content (AvgIpc) is 1.55. The summed E-state index contributed by atoms with van der Waals surface area (Å²) >= 11 is 0. The lowest BCUT2D eigenvalue weighted by molar-refractivity contribution is -0.00337. The zero-order valence-corrected chi connectivity index (χ0v) is 7.93. The lowest BCUT2D eigenvalue weighted by Gasteiger charge is -2.24. The van der Waals surface area contributed by atoms with Crippen molar-refractivity contribution in [2.24, 2.45) is 0 Å². The summed E-state index contributed by atoms with van der Waals surface area (Å²) in [6.45, 7) is 0.975. The van der Waals surface area contributed by atoms with Gasteiger partial charge >= 0.3 is 0 Å². The van der Waals surface area contributed by atoms with Crippen molar-refractivity contribution in [1.82, 2.24) is 0 Å². The maximum atomic E-state index is 5.13. The highest BCUT2D eigenvalue weighted by Gasteiger charge is 2.17. The van der Waals surface area contributed by atoms with Crippen LogP contribution in [0.25, 0.3) is 0 Å². The van der Waals surface area contributed by atoms with Crippen molar-refractivity contribution in [3.8, 4) is 0 Å². The summed E-state index contributed by atoms with van der Waals surface area (Å²) in [5.41, 5.74) is 0.581. The maximum Gasteiger partial charge on any atom is 0.175 e. The Morgan fingerprint density at radius 3 is 2.71 bits per heavy atom. The van der Waals surface area contributed by atoms with Gasteiger partial charge < -0.3 is 8.85 Å². The normalized spacial score (nSPS) is 31.7. The number of ether oxygens (including phenoxy) is 1. The molecule has 0 bridgehead atoms. The Hall–Kier alpha value is 0.354. The molecule has 7 heavy (non-hydrogen) atoms. The summed E-state index contributed by atoms with van der Waals surface area (Å²) in [7, 11) is 0.679. The lowest BCUT2D eigenvalue weighted by Crippen LogP contribution is -2.33. The number of hydrogen-bond acceptors (Lipinski definition) is 2. The molecule has 2 nitrogen and oxygen atoms in total. The Bertz CT molecular complexity index is 54.9. The second-order valence-corrected chi connectivity index (χ2v) is 5.29. The van der Waals surface area contributed by atoms with Gasteiger partial charge in [-0.2, -0.15) is 0 Å². The highest BCUT2D eigenvalue weighted by Crippen LogP contribution is 2.07. The van der Waals surface area contributed by atoms with Gasteiger partial charge in [-0.3, -0.25) is 0 Å². The molecule has 0 aromatic heterocycles. The van der Waals surface area contributed by atoms with E-state index in [0.29, 0.717) is 5.73 Å². The van der Waals surface area contributed by atoms with E-state index in [9.17, 15) is 0 Å².